The summed E-state index contributed by atoms with van der Waals surface area (Å²) in [5.74, 6) is -0.576. The van der Waals surface area contributed by atoms with Crippen LogP contribution in [0.5, 0.6) is 0 Å². The van der Waals surface area contributed by atoms with Gasteiger partial charge in [0, 0.05) is 24.4 Å². The second kappa shape index (κ2) is 8.73. The van der Waals surface area contributed by atoms with Crippen molar-refractivity contribution in [2.75, 3.05) is 32.7 Å². The lowest BCUT2D eigenvalue weighted by molar-refractivity contribution is -0.146. The summed E-state index contributed by atoms with van der Waals surface area (Å²) >= 11 is 1.59. The normalized spacial score (nSPS) is 18.3. The molecular formula is C21H26N2O4S. The van der Waals surface area contributed by atoms with E-state index in [1.165, 1.54) is 19.8 Å². The van der Waals surface area contributed by atoms with Gasteiger partial charge >= 0.3 is 11.9 Å². The van der Waals surface area contributed by atoms with Gasteiger partial charge in [0.05, 0.1) is 32.3 Å². The van der Waals surface area contributed by atoms with E-state index in [1.807, 2.05) is 11.9 Å². The summed E-state index contributed by atoms with van der Waals surface area (Å²) in [5.41, 5.74) is 3.37. The molecule has 28 heavy (non-hydrogen) atoms. The third kappa shape index (κ3) is 4.35. The number of carbonyl (C=O) groups excluding carboxylic acids is 2. The average molecular weight is 403 g/mol. The number of ether oxygens (including phenoxy) is 2. The highest BCUT2D eigenvalue weighted by Crippen LogP contribution is 2.41. The maximum atomic E-state index is 12.5. The van der Waals surface area contributed by atoms with Crippen LogP contribution in [0, 0.1) is 12.8 Å². The van der Waals surface area contributed by atoms with Crippen molar-refractivity contribution in [2.45, 2.75) is 32.1 Å². The molecule has 1 aromatic heterocycles. The highest BCUT2D eigenvalue weighted by Gasteiger charge is 2.37. The molecule has 0 amide bonds. The van der Waals surface area contributed by atoms with Gasteiger partial charge in [0.2, 0.25) is 0 Å². The van der Waals surface area contributed by atoms with E-state index in [2.05, 4.69) is 31.2 Å². The molecule has 2 atom stereocenters. The molecule has 1 heterocycles. The molecular weight excluding hydrogens is 376 g/mol. The zero-order chi connectivity index (χ0) is 20.3. The maximum Gasteiger partial charge on any atom is 0.309 e. The zero-order valence-corrected chi connectivity index (χ0v) is 17.5. The molecule has 1 aliphatic carbocycles. The minimum Gasteiger partial charge on any atom is -0.469 e. The molecule has 0 saturated heterocycles. The predicted molar refractivity (Wildman–Crippen MR) is 109 cm³/mol. The van der Waals surface area contributed by atoms with Crippen LogP contribution >= 0.6 is 11.3 Å². The van der Waals surface area contributed by atoms with Crippen LogP contribution < -0.4 is 4.90 Å². The van der Waals surface area contributed by atoms with E-state index in [-0.39, 0.29) is 23.8 Å². The lowest BCUT2D eigenvalue weighted by Crippen LogP contribution is -2.30. The van der Waals surface area contributed by atoms with Crippen molar-refractivity contribution in [3.8, 4) is 0 Å². The van der Waals surface area contributed by atoms with Gasteiger partial charge in [-0.1, -0.05) is 29.8 Å². The molecule has 0 bridgehead atoms. The fourth-order valence-corrected chi connectivity index (χ4v) is 4.70. The number of benzene rings is 1. The Bertz CT molecular complexity index is 847. The molecule has 0 spiro atoms. The summed E-state index contributed by atoms with van der Waals surface area (Å²) in [6.45, 7) is 2.60. The Morgan fingerprint density at radius 2 is 1.89 bits per heavy atom. The second-order valence-electron chi connectivity index (χ2n) is 7.17. The van der Waals surface area contributed by atoms with E-state index in [9.17, 15) is 9.59 Å². The van der Waals surface area contributed by atoms with Gasteiger partial charge in [-0.2, -0.15) is 0 Å². The Balaban J connectivity index is 1.84. The van der Waals surface area contributed by atoms with Crippen LogP contribution in [-0.4, -0.2) is 44.7 Å². The smallest absolute Gasteiger partial charge is 0.309 e. The Hall–Kier alpha value is -2.41. The highest BCUT2D eigenvalue weighted by atomic mass is 32.1. The van der Waals surface area contributed by atoms with Crippen molar-refractivity contribution < 1.29 is 19.1 Å². The van der Waals surface area contributed by atoms with Crippen LogP contribution in [0.4, 0.5) is 5.13 Å². The largest absolute Gasteiger partial charge is 0.469 e. The molecule has 2 aromatic rings. The van der Waals surface area contributed by atoms with E-state index < -0.39 is 0 Å². The third-order valence-corrected chi connectivity index (χ3v) is 6.52. The van der Waals surface area contributed by atoms with Gasteiger partial charge < -0.3 is 14.4 Å². The van der Waals surface area contributed by atoms with Crippen LogP contribution in [0.3, 0.4) is 0 Å². The number of carbonyl (C=O) groups is 2. The molecule has 3 rings (SSSR count). The van der Waals surface area contributed by atoms with Gasteiger partial charge in [0.25, 0.3) is 0 Å². The Kier molecular flexibility index (Phi) is 6.34. The first-order valence-corrected chi connectivity index (χ1v) is 10.2. The first-order valence-electron chi connectivity index (χ1n) is 9.33. The predicted octanol–water partition coefficient (Wildman–Crippen LogP) is 3.12. The molecule has 0 aliphatic heterocycles. The molecule has 7 heteroatoms. The number of esters is 2. The van der Waals surface area contributed by atoms with Crippen LogP contribution in [0.1, 0.15) is 34.0 Å². The van der Waals surface area contributed by atoms with Crippen molar-refractivity contribution in [1.82, 2.24) is 4.98 Å². The Labute approximate surface area is 169 Å². The number of rotatable bonds is 6. The number of nitrogens with zero attached hydrogens (tertiary/aromatic N) is 2. The average Bonchev–Trinajstić information content (AvgIpc) is 3.14. The van der Waals surface area contributed by atoms with E-state index in [0.29, 0.717) is 25.8 Å². The summed E-state index contributed by atoms with van der Waals surface area (Å²) in [6, 6.07) is 8.34. The van der Waals surface area contributed by atoms with Gasteiger partial charge in [-0.05, 0) is 25.3 Å². The van der Waals surface area contributed by atoms with Crippen molar-refractivity contribution in [3.05, 3.63) is 46.0 Å². The van der Waals surface area contributed by atoms with Crippen molar-refractivity contribution in [1.29, 1.82) is 0 Å². The monoisotopic (exact) mass is 402 g/mol. The molecule has 0 fully saturated rings. The van der Waals surface area contributed by atoms with Gasteiger partial charge in [0.1, 0.15) is 0 Å². The Morgan fingerprint density at radius 1 is 1.18 bits per heavy atom. The lowest BCUT2D eigenvalue weighted by Gasteiger charge is -2.29. The number of aryl methyl sites for hydroxylation is 1. The molecule has 1 aliphatic rings. The Morgan fingerprint density at radius 3 is 2.54 bits per heavy atom. The zero-order valence-electron chi connectivity index (χ0n) is 16.7. The second-order valence-corrected chi connectivity index (χ2v) is 8.23. The summed E-state index contributed by atoms with van der Waals surface area (Å²) < 4.78 is 9.80. The van der Waals surface area contributed by atoms with Gasteiger partial charge in [-0.15, -0.1) is 11.3 Å². The van der Waals surface area contributed by atoms with Gasteiger partial charge in [0.15, 0.2) is 5.13 Å². The molecule has 1 aromatic carbocycles. The quantitative estimate of drug-likeness (QED) is 0.692. The summed E-state index contributed by atoms with van der Waals surface area (Å²) in [6.07, 6.45) is 1.65. The molecule has 0 saturated carbocycles. The van der Waals surface area contributed by atoms with E-state index in [0.717, 1.165) is 21.3 Å². The number of hydrogen-bond donors (Lipinski definition) is 0. The maximum absolute atomic E-state index is 12.5. The molecule has 150 valence electrons. The van der Waals surface area contributed by atoms with E-state index in [1.54, 1.807) is 11.3 Å². The first-order chi connectivity index (χ1) is 13.4. The fraction of sp³-hybridized carbons (Fsp3) is 0.476. The van der Waals surface area contributed by atoms with Crippen LogP contribution in [-0.2, 0) is 31.9 Å². The summed E-state index contributed by atoms with van der Waals surface area (Å²) in [7, 11) is 4.76. The number of thiazole rings is 1. The minimum atomic E-state index is -0.238. The minimum absolute atomic E-state index is 0.0517. The van der Waals surface area contributed by atoms with Crippen LogP contribution in [0.2, 0.25) is 0 Å². The third-order valence-electron chi connectivity index (χ3n) is 5.29. The van der Waals surface area contributed by atoms with E-state index >= 15 is 0 Å². The number of hydrogen-bond acceptors (Lipinski definition) is 7. The molecule has 0 unspecified atom stereocenters. The number of aromatic nitrogens is 1. The van der Waals surface area contributed by atoms with Crippen molar-refractivity contribution in [2.24, 2.45) is 5.92 Å². The van der Waals surface area contributed by atoms with Gasteiger partial charge in [-0.25, -0.2) is 4.98 Å². The molecule has 0 N–H and O–H groups in total. The SMILES string of the molecule is COC(=O)CCN(C)c1nc2c(s1)C[C@H](C(=O)OC)[C@H](c1ccc(C)cc1)C2. The van der Waals surface area contributed by atoms with Crippen LogP contribution in [0.25, 0.3) is 0 Å². The van der Waals surface area contributed by atoms with Crippen molar-refractivity contribution in [3.63, 3.8) is 0 Å². The summed E-state index contributed by atoms with van der Waals surface area (Å²) in [5, 5.41) is 0.863. The molecule has 0 radical (unpaired) electrons. The molecule has 6 nitrogen and oxygen atoms in total. The van der Waals surface area contributed by atoms with Crippen molar-refractivity contribution >= 4 is 28.4 Å². The fourth-order valence-electron chi connectivity index (χ4n) is 3.56. The summed E-state index contributed by atoms with van der Waals surface area (Å²) in [4.78, 5) is 31.8. The van der Waals surface area contributed by atoms with Crippen LogP contribution in [0.15, 0.2) is 24.3 Å². The van der Waals surface area contributed by atoms with E-state index in [4.69, 9.17) is 14.5 Å². The topological polar surface area (TPSA) is 68.7 Å². The number of fused-ring (bicyclic) bond motifs is 1. The first kappa shape index (κ1) is 20.3. The number of methoxy groups -OCH3 is 2. The standard InChI is InChI=1S/C21H26N2O4S/c1-13-5-7-14(8-6-13)15-11-17-18(12-16(15)20(25)27-4)28-21(22-17)23(2)10-9-19(24)26-3/h5-8,15-16H,9-12H2,1-4H3/t15-,16-/m0/s1. The highest BCUT2D eigenvalue weighted by molar-refractivity contribution is 7.15. The number of anilines is 1. The lowest BCUT2D eigenvalue weighted by atomic mass is 9.76. The van der Waals surface area contributed by atoms with Gasteiger partial charge in [-0.3, -0.25) is 9.59 Å².